The van der Waals surface area contributed by atoms with Gasteiger partial charge in [0, 0.05) is 31.3 Å². The molecule has 2 amide bonds. The van der Waals surface area contributed by atoms with Gasteiger partial charge >= 0.3 is 0 Å². The summed E-state index contributed by atoms with van der Waals surface area (Å²) in [7, 11) is 0. The minimum Gasteiger partial charge on any atom is -0.465 e. The summed E-state index contributed by atoms with van der Waals surface area (Å²) >= 11 is 6.54. The Labute approximate surface area is 172 Å². The van der Waals surface area contributed by atoms with Crippen LogP contribution in [0.3, 0.4) is 0 Å². The third kappa shape index (κ3) is 4.89. The van der Waals surface area contributed by atoms with E-state index < -0.39 is 0 Å². The van der Waals surface area contributed by atoms with Crippen molar-refractivity contribution in [2.45, 2.75) is 12.8 Å². The van der Waals surface area contributed by atoms with Gasteiger partial charge < -0.3 is 14.4 Å². The lowest BCUT2D eigenvalue weighted by molar-refractivity contribution is -0.123. The molecule has 0 unspecified atom stereocenters. The number of aliphatic hydroxyl groups excluding tert-OH is 1. The van der Waals surface area contributed by atoms with Gasteiger partial charge in [-0.1, -0.05) is 42.2 Å². The second-order valence-corrected chi connectivity index (χ2v) is 7.73. The van der Waals surface area contributed by atoms with E-state index in [1.165, 1.54) is 16.7 Å². The third-order valence-electron chi connectivity index (χ3n) is 4.16. The molecule has 1 aliphatic rings. The zero-order valence-corrected chi connectivity index (χ0v) is 16.7. The summed E-state index contributed by atoms with van der Waals surface area (Å²) < 4.78 is 5.72. The molecule has 0 saturated carbocycles. The van der Waals surface area contributed by atoms with Crippen LogP contribution in [0.1, 0.15) is 18.6 Å². The monoisotopic (exact) mass is 416 g/mol. The number of thioether (sulfide) groups is 1. The maximum atomic E-state index is 12.6. The third-order valence-corrected chi connectivity index (χ3v) is 5.53. The van der Waals surface area contributed by atoms with Crippen LogP contribution >= 0.6 is 24.0 Å². The van der Waals surface area contributed by atoms with Crippen LogP contribution in [-0.4, -0.2) is 45.8 Å². The fourth-order valence-corrected chi connectivity index (χ4v) is 4.11. The van der Waals surface area contributed by atoms with Crippen molar-refractivity contribution in [2.75, 3.05) is 24.6 Å². The lowest BCUT2D eigenvalue weighted by Gasteiger charge is -2.22. The predicted octanol–water partition coefficient (Wildman–Crippen LogP) is 3.29. The number of carbonyl (C=O) groups is 2. The highest BCUT2D eigenvalue weighted by atomic mass is 32.2. The summed E-state index contributed by atoms with van der Waals surface area (Å²) in [5.41, 5.74) is 0.744. The van der Waals surface area contributed by atoms with Gasteiger partial charge in [-0.25, -0.2) is 0 Å². The van der Waals surface area contributed by atoms with Gasteiger partial charge in [0.05, 0.1) is 17.8 Å². The van der Waals surface area contributed by atoms with Gasteiger partial charge in [0.1, 0.15) is 10.1 Å². The van der Waals surface area contributed by atoms with E-state index in [-0.39, 0.29) is 31.4 Å². The zero-order chi connectivity index (χ0) is 19.9. The van der Waals surface area contributed by atoms with Gasteiger partial charge in [0.15, 0.2) is 0 Å². The first-order valence-corrected chi connectivity index (χ1v) is 10.1. The molecule has 2 aromatic rings. The smallest absolute Gasteiger partial charge is 0.266 e. The number of furan rings is 1. The number of thiocarbonyl (C=S) groups is 1. The van der Waals surface area contributed by atoms with E-state index in [1.54, 1.807) is 29.4 Å². The molecule has 6 nitrogen and oxygen atoms in total. The van der Waals surface area contributed by atoms with Crippen molar-refractivity contribution in [3.05, 3.63) is 59.4 Å². The lowest BCUT2D eigenvalue weighted by Crippen LogP contribution is -2.35. The van der Waals surface area contributed by atoms with Gasteiger partial charge in [0.2, 0.25) is 5.91 Å². The fraction of sp³-hybridized carbons (Fsp3) is 0.250. The Kier molecular flexibility index (Phi) is 7.02. The largest absolute Gasteiger partial charge is 0.465 e. The number of carbonyl (C=O) groups excluding carboxylic acids is 2. The maximum Gasteiger partial charge on any atom is 0.266 e. The van der Waals surface area contributed by atoms with E-state index in [2.05, 4.69) is 0 Å². The van der Waals surface area contributed by atoms with Gasteiger partial charge in [-0.05, 0) is 30.7 Å². The summed E-state index contributed by atoms with van der Waals surface area (Å²) in [6.07, 6.45) is 3.95. The van der Waals surface area contributed by atoms with Crippen molar-refractivity contribution < 1.29 is 19.1 Å². The van der Waals surface area contributed by atoms with Crippen molar-refractivity contribution in [1.29, 1.82) is 0 Å². The van der Waals surface area contributed by atoms with Gasteiger partial charge in [-0.3, -0.25) is 14.5 Å². The van der Waals surface area contributed by atoms with Crippen LogP contribution in [0.25, 0.3) is 6.08 Å². The summed E-state index contributed by atoms with van der Waals surface area (Å²) in [5, 5.41) is 9.27. The minimum atomic E-state index is -0.172. The summed E-state index contributed by atoms with van der Waals surface area (Å²) in [4.78, 5) is 28.7. The van der Waals surface area contributed by atoms with Crippen molar-refractivity contribution in [3.63, 3.8) is 0 Å². The highest BCUT2D eigenvalue weighted by Crippen LogP contribution is 2.32. The molecule has 1 aliphatic heterocycles. The predicted molar refractivity (Wildman–Crippen MR) is 114 cm³/mol. The quantitative estimate of drug-likeness (QED) is 0.526. The summed E-state index contributed by atoms with van der Waals surface area (Å²) in [5.74, 6) is 0.323. The SMILES string of the molecule is O=C1/C(=C/c2ccco2)SC(=S)N1CCCC(=O)N(CCO)c1ccccc1. The first kappa shape index (κ1) is 20.3. The molecule has 1 N–H and O–H groups in total. The van der Waals surface area contributed by atoms with Crippen molar-refractivity contribution in [3.8, 4) is 0 Å². The van der Waals surface area contributed by atoms with Crippen LogP contribution in [0, 0.1) is 0 Å². The number of rotatable bonds is 8. The molecule has 1 aromatic carbocycles. The molecule has 8 heteroatoms. The Morgan fingerprint density at radius 1 is 1.25 bits per heavy atom. The lowest BCUT2D eigenvalue weighted by atomic mass is 10.2. The molecule has 146 valence electrons. The van der Waals surface area contributed by atoms with E-state index in [4.69, 9.17) is 16.6 Å². The molecule has 0 atom stereocenters. The van der Waals surface area contributed by atoms with Crippen LogP contribution in [-0.2, 0) is 9.59 Å². The molecule has 0 aliphatic carbocycles. The number of hydrogen-bond donors (Lipinski definition) is 1. The van der Waals surface area contributed by atoms with Gasteiger partial charge in [0.25, 0.3) is 5.91 Å². The van der Waals surface area contributed by atoms with Gasteiger partial charge in [-0.15, -0.1) is 0 Å². The Balaban J connectivity index is 1.57. The van der Waals surface area contributed by atoms with Crippen LogP contribution in [0.15, 0.2) is 58.1 Å². The molecule has 1 fully saturated rings. The Morgan fingerprint density at radius 3 is 2.71 bits per heavy atom. The van der Waals surface area contributed by atoms with Crippen LogP contribution < -0.4 is 4.90 Å². The second kappa shape index (κ2) is 9.68. The first-order chi connectivity index (χ1) is 13.6. The number of nitrogens with zero attached hydrogens (tertiary/aromatic N) is 2. The number of para-hydroxylation sites is 1. The second-order valence-electron chi connectivity index (χ2n) is 6.06. The van der Waals surface area contributed by atoms with E-state index in [0.29, 0.717) is 28.0 Å². The van der Waals surface area contributed by atoms with E-state index in [1.807, 2.05) is 30.3 Å². The van der Waals surface area contributed by atoms with Crippen LogP contribution in [0.4, 0.5) is 5.69 Å². The molecule has 1 saturated heterocycles. The average Bonchev–Trinajstić information content (AvgIpc) is 3.30. The van der Waals surface area contributed by atoms with E-state index in [0.717, 1.165) is 5.69 Å². The molecule has 0 bridgehead atoms. The minimum absolute atomic E-state index is 0.100. The highest BCUT2D eigenvalue weighted by Gasteiger charge is 2.32. The standard InChI is InChI=1S/C20H20N2O4S2/c23-12-11-21(15-6-2-1-3-7-15)18(24)9-4-10-22-19(25)17(28-20(22)27)14-16-8-5-13-26-16/h1-3,5-8,13-14,23H,4,9-12H2/b17-14-. The zero-order valence-electron chi connectivity index (χ0n) is 15.1. The normalized spacial score (nSPS) is 15.5. The Morgan fingerprint density at radius 2 is 2.04 bits per heavy atom. The van der Waals surface area contributed by atoms with Crippen molar-refractivity contribution in [2.24, 2.45) is 0 Å². The maximum absolute atomic E-state index is 12.6. The number of benzene rings is 1. The summed E-state index contributed by atoms with van der Waals surface area (Å²) in [6, 6.07) is 12.7. The van der Waals surface area contributed by atoms with Crippen molar-refractivity contribution >= 4 is 51.9 Å². The van der Waals surface area contributed by atoms with E-state index >= 15 is 0 Å². The molecule has 3 rings (SSSR count). The molecule has 0 spiro atoms. The fourth-order valence-electron chi connectivity index (χ4n) is 2.82. The molecular formula is C20H20N2O4S2. The van der Waals surface area contributed by atoms with Crippen LogP contribution in [0.2, 0.25) is 0 Å². The molecular weight excluding hydrogens is 396 g/mol. The molecule has 2 heterocycles. The molecule has 1 aromatic heterocycles. The van der Waals surface area contributed by atoms with Crippen molar-refractivity contribution in [1.82, 2.24) is 4.90 Å². The summed E-state index contributed by atoms with van der Waals surface area (Å²) in [6.45, 7) is 0.482. The first-order valence-electron chi connectivity index (χ1n) is 8.85. The topological polar surface area (TPSA) is 74.0 Å². The Bertz CT molecular complexity index is 866. The number of hydrogen-bond acceptors (Lipinski definition) is 6. The number of amides is 2. The van der Waals surface area contributed by atoms with Gasteiger partial charge in [-0.2, -0.15) is 0 Å². The average molecular weight is 417 g/mol. The number of aliphatic hydroxyl groups is 1. The molecule has 0 radical (unpaired) electrons. The van der Waals surface area contributed by atoms with Crippen LogP contribution in [0.5, 0.6) is 0 Å². The number of anilines is 1. The Hall–Kier alpha value is -2.42. The highest BCUT2D eigenvalue weighted by molar-refractivity contribution is 8.26. The molecule has 28 heavy (non-hydrogen) atoms. The van der Waals surface area contributed by atoms with E-state index in [9.17, 15) is 14.7 Å².